The lowest BCUT2D eigenvalue weighted by Crippen LogP contribution is -1.94. The van der Waals surface area contributed by atoms with Gasteiger partial charge in [-0.05, 0) is 24.6 Å². The molecule has 0 atom stereocenters. The molecule has 1 rings (SSSR count). The molecule has 0 bridgehead atoms. The van der Waals surface area contributed by atoms with Crippen molar-refractivity contribution >= 4 is 15.9 Å². The highest BCUT2D eigenvalue weighted by atomic mass is 79.9. The Balaban J connectivity index is 3.31. The molecule has 0 spiro atoms. The lowest BCUT2D eigenvalue weighted by molar-refractivity contribution is 0.408. The molecule has 0 amide bonds. The smallest absolute Gasteiger partial charge is 0.125 e. The van der Waals surface area contributed by atoms with Gasteiger partial charge in [-0.3, -0.25) is 0 Å². The highest BCUT2D eigenvalue weighted by Crippen LogP contribution is 2.26. The summed E-state index contributed by atoms with van der Waals surface area (Å²) in [5.41, 5.74) is 2.68. The Morgan fingerprint density at radius 2 is 2.23 bits per heavy atom. The first-order valence-corrected chi connectivity index (χ1v) is 4.98. The van der Waals surface area contributed by atoms with Gasteiger partial charge in [0.25, 0.3) is 0 Å². The summed E-state index contributed by atoms with van der Waals surface area (Å²) in [6.45, 7) is 1.94. The van der Waals surface area contributed by atoms with Crippen LogP contribution >= 0.6 is 15.9 Å². The Morgan fingerprint density at radius 1 is 1.54 bits per heavy atom. The van der Waals surface area contributed by atoms with Gasteiger partial charge in [-0.25, -0.2) is 0 Å². The first kappa shape index (κ1) is 10.1. The van der Waals surface area contributed by atoms with Gasteiger partial charge in [-0.2, -0.15) is 5.26 Å². The summed E-state index contributed by atoms with van der Waals surface area (Å²) < 4.78 is 5.23. The predicted molar refractivity (Wildman–Crippen MR) is 55.1 cm³/mol. The van der Waals surface area contributed by atoms with E-state index in [2.05, 4.69) is 22.0 Å². The van der Waals surface area contributed by atoms with Crippen LogP contribution in [0.3, 0.4) is 0 Å². The fraction of sp³-hybridized carbons (Fsp3) is 0.300. The number of nitriles is 1. The van der Waals surface area contributed by atoms with Gasteiger partial charge in [0.05, 0.1) is 18.7 Å². The quantitative estimate of drug-likeness (QED) is 0.744. The van der Waals surface area contributed by atoms with Crippen molar-refractivity contribution in [2.45, 2.75) is 12.3 Å². The first-order chi connectivity index (χ1) is 6.22. The number of hydrogen-bond donors (Lipinski definition) is 0. The van der Waals surface area contributed by atoms with E-state index in [0.29, 0.717) is 10.9 Å². The number of alkyl halides is 1. The zero-order chi connectivity index (χ0) is 9.84. The minimum Gasteiger partial charge on any atom is -0.496 e. The maximum absolute atomic E-state index is 8.74. The van der Waals surface area contributed by atoms with Gasteiger partial charge in [0.15, 0.2) is 0 Å². The van der Waals surface area contributed by atoms with E-state index in [4.69, 9.17) is 10.00 Å². The maximum Gasteiger partial charge on any atom is 0.125 e. The number of rotatable bonds is 2. The summed E-state index contributed by atoms with van der Waals surface area (Å²) in [5, 5.41) is 9.44. The van der Waals surface area contributed by atoms with Gasteiger partial charge in [0, 0.05) is 10.9 Å². The van der Waals surface area contributed by atoms with E-state index in [1.54, 1.807) is 7.11 Å². The zero-order valence-electron chi connectivity index (χ0n) is 7.60. The van der Waals surface area contributed by atoms with Crippen molar-refractivity contribution in [3.05, 3.63) is 28.8 Å². The Kier molecular flexibility index (Phi) is 3.32. The van der Waals surface area contributed by atoms with Crippen molar-refractivity contribution in [2.75, 3.05) is 7.11 Å². The van der Waals surface area contributed by atoms with Crippen LogP contribution in [0.1, 0.15) is 16.7 Å². The highest BCUT2D eigenvalue weighted by Gasteiger charge is 2.06. The van der Waals surface area contributed by atoms with Crippen LogP contribution in [0.15, 0.2) is 12.1 Å². The van der Waals surface area contributed by atoms with Crippen molar-refractivity contribution in [1.29, 1.82) is 5.26 Å². The van der Waals surface area contributed by atoms with Gasteiger partial charge < -0.3 is 4.74 Å². The molecular weight excluding hydrogens is 230 g/mol. The minimum atomic E-state index is 0.674. The summed E-state index contributed by atoms with van der Waals surface area (Å²) in [4.78, 5) is 0. The number of aryl methyl sites for hydroxylation is 1. The molecule has 0 saturated carbocycles. The Hall–Kier alpha value is -1.01. The molecule has 0 aliphatic rings. The molecule has 0 fully saturated rings. The van der Waals surface area contributed by atoms with Gasteiger partial charge in [0.1, 0.15) is 5.75 Å². The highest BCUT2D eigenvalue weighted by molar-refractivity contribution is 9.08. The van der Waals surface area contributed by atoms with E-state index in [1.807, 2.05) is 19.1 Å². The van der Waals surface area contributed by atoms with Crippen molar-refractivity contribution in [3.63, 3.8) is 0 Å². The molecule has 0 aromatic heterocycles. The van der Waals surface area contributed by atoms with Gasteiger partial charge in [-0.1, -0.05) is 15.9 Å². The molecule has 0 radical (unpaired) electrons. The third-order valence-electron chi connectivity index (χ3n) is 1.83. The van der Waals surface area contributed by atoms with E-state index in [-0.39, 0.29) is 0 Å². The van der Waals surface area contributed by atoms with Crippen molar-refractivity contribution in [2.24, 2.45) is 0 Å². The third kappa shape index (κ3) is 2.02. The molecule has 3 heteroatoms. The summed E-state index contributed by atoms with van der Waals surface area (Å²) in [6.07, 6.45) is 0. The molecule has 0 aliphatic carbocycles. The second-order valence-electron chi connectivity index (χ2n) is 2.73. The SMILES string of the molecule is COc1c(C)cc(C#N)cc1CBr. The van der Waals surface area contributed by atoms with Crippen LogP contribution in [-0.4, -0.2) is 7.11 Å². The Morgan fingerprint density at radius 3 is 2.69 bits per heavy atom. The van der Waals surface area contributed by atoms with Crippen LogP contribution in [0, 0.1) is 18.3 Å². The average Bonchev–Trinajstić information content (AvgIpc) is 2.16. The molecule has 13 heavy (non-hydrogen) atoms. The molecule has 1 aromatic carbocycles. The van der Waals surface area contributed by atoms with Crippen LogP contribution in [0.25, 0.3) is 0 Å². The van der Waals surface area contributed by atoms with Crippen molar-refractivity contribution in [3.8, 4) is 11.8 Å². The van der Waals surface area contributed by atoms with Crippen molar-refractivity contribution < 1.29 is 4.74 Å². The van der Waals surface area contributed by atoms with E-state index < -0.39 is 0 Å². The monoisotopic (exact) mass is 239 g/mol. The van der Waals surface area contributed by atoms with E-state index in [1.165, 1.54) is 0 Å². The largest absolute Gasteiger partial charge is 0.496 e. The van der Waals surface area contributed by atoms with Crippen LogP contribution in [0.4, 0.5) is 0 Å². The van der Waals surface area contributed by atoms with Crippen LogP contribution < -0.4 is 4.74 Å². The lowest BCUT2D eigenvalue weighted by atomic mass is 10.1. The van der Waals surface area contributed by atoms with Gasteiger partial charge in [-0.15, -0.1) is 0 Å². The molecule has 68 valence electrons. The van der Waals surface area contributed by atoms with Gasteiger partial charge in [0.2, 0.25) is 0 Å². The summed E-state index contributed by atoms with van der Waals surface area (Å²) in [7, 11) is 1.64. The zero-order valence-corrected chi connectivity index (χ0v) is 9.18. The number of ether oxygens (including phenoxy) is 1. The predicted octanol–water partition coefficient (Wildman–Crippen LogP) is 2.77. The van der Waals surface area contributed by atoms with Gasteiger partial charge >= 0.3 is 0 Å². The molecule has 2 nitrogen and oxygen atoms in total. The first-order valence-electron chi connectivity index (χ1n) is 3.86. The fourth-order valence-corrected chi connectivity index (χ4v) is 1.72. The lowest BCUT2D eigenvalue weighted by Gasteiger charge is -2.09. The molecule has 0 unspecified atom stereocenters. The molecular formula is C10H10BrNO. The number of benzene rings is 1. The number of hydrogen-bond acceptors (Lipinski definition) is 2. The molecule has 1 aromatic rings. The van der Waals surface area contributed by atoms with Crippen LogP contribution in [0.5, 0.6) is 5.75 Å². The second-order valence-corrected chi connectivity index (χ2v) is 3.29. The van der Waals surface area contributed by atoms with Crippen molar-refractivity contribution in [1.82, 2.24) is 0 Å². The normalized spacial score (nSPS) is 9.38. The van der Waals surface area contributed by atoms with Crippen LogP contribution in [0.2, 0.25) is 0 Å². The number of halogens is 1. The number of methoxy groups -OCH3 is 1. The standard InChI is InChI=1S/C10H10BrNO/c1-7-3-8(6-12)4-9(5-11)10(7)13-2/h3-4H,5H2,1-2H3. The molecule has 0 saturated heterocycles. The fourth-order valence-electron chi connectivity index (χ4n) is 1.30. The van der Waals surface area contributed by atoms with E-state index in [0.717, 1.165) is 16.9 Å². The second kappa shape index (κ2) is 4.29. The third-order valence-corrected chi connectivity index (χ3v) is 2.43. The number of nitrogens with zero attached hydrogens (tertiary/aromatic N) is 1. The Labute approximate surface area is 86.3 Å². The summed E-state index contributed by atoms with van der Waals surface area (Å²) in [6, 6.07) is 5.78. The average molecular weight is 240 g/mol. The molecule has 0 aliphatic heterocycles. The summed E-state index contributed by atoms with van der Waals surface area (Å²) >= 11 is 3.36. The van der Waals surface area contributed by atoms with Crippen LogP contribution in [-0.2, 0) is 5.33 Å². The minimum absolute atomic E-state index is 0.674. The molecule has 0 N–H and O–H groups in total. The van der Waals surface area contributed by atoms with E-state index >= 15 is 0 Å². The molecule has 0 heterocycles. The topological polar surface area (TPSA) is 33.0 Å². The summed E-state index contributed by atoms with van der Waals surface area (Å²) in [5.74, 6) is 0.857. The maximum atomic E-state index is 8.74. The Bertz CT molecular complexity index is 355. The van der Waals surface area contributed by atoms with E-state index in [9.17, 15) is 0 Å².